The van der Waals surface area contributed by atoms with Gasteiger partial charge in [0, 0.05) is 26.1 Å². The fourth-order valence-electron chi connectivity index (χ4n) is 2.03. The summed E-state index contributed by atoms with van der Waals surface area (Å²) in [4.78, 5) is 2.32. The number of hydrogen-bond donors (Lipinski definition) is 0. The van der Waals surface area contributed by atoms with Crippen molar-refractivity contribution in [3.05, 3.63) is 28.2 Å². The third kappa shape index (κ3) is 5.63. The van der Waals surface area contributed by atoms with Gasteiger partial charge in [0.05, 0.1) is 17.7 Å². The average Bonchev–Trinajstić information content (AvgIpc) is 2.35. The Morgan fingerprint density at radius 2 is 2.16 bits per heavy atom. The number of nitriles is 1. The highest BCUT2D eigenvalue weighted by atomic mass is 79.9. The van der Waals surface area contributed by atoms with Gasteiger partial charge in [-0.3, -0.25) is 4.90 Å². The predicted molar refractivity (Wildman–Crippen MR) is 81.0 cm³/mol. The first-order chi connectivity index (χ1) is 9.06. The van der Waals surface area contributed by atoms with Gasteiger partial charge < -0.3 is 4.74 Å². The first kappa shape index (κ1) is 16.0. The van der Waals surface area contributed by atoms with Crippen LogP contribution in [0.15, 0.2) is 22.7 Å². The largest absolute Gasteiger partial charge is 0.496 e. The third-order valence-electron chi connectivity index (χ3n) is 2.79. The highest BCUT2D eigenvalue weighted by Crippen LogP contribution is 2.26. The van der Waals surface area contributed by atoms with Gasteiger partial charge in [0.15, 0.2) is 0 Å². The average molecular weight is 325 g/mol. The molecule has 104 valence electrons. The van der Waals surface area contributed by atoms with Crippen LogP contribution < -0.4 is 4.74 Å². The van der Waals surface area contributed by atoms with E-state index in [2.05, 4.69) is 52.9 Å². The molecule has 0 aliphatic rings. The number of halogens is 1. The maximum atomic E-state index is 8.73. The lowest BCUT2D eigenvalue weighted by Gasteiger charge is -2.23. The summed E-state index contributed by atoms with van der Waals surface area (Å²) < 4.78 is 6.20. The molecule has 0 saturated heterocycles. The smallest absolute Gasteiger partial charge is 0.133 e. The van der Waals surface area contributed by atoms with Crippen molar-refractivity contribution in [3.63, 3.8) is 0 Å². The fraction of sp³-hybridized carbons (Fsp3) is 0.533. The molecular weight excluding hydrogens is 304 g/mol. The highest BCUT2D eigenvalue weighted by Gasteiger charge is 2.09. The molecule has 0 aromatic heterocycles. The Hall–Kier alpha value is -1.05. The molecule has 0 atom stereocenters. The molecule has 0 aliphatic carbocycles. The second-order valence-corrected chi connectivity index (χ2v) is 5.86. The van der Waals surface area contributed by atoms with E-state index in [0.29, 0.717) is 12.3 Å². The van der Waals surface area contributed by atoms with E-state index in [4.69, 9.17) is 10.00 Å². The molecule has 1 aromatic rings. The monoisotopic (exact) mass is 324 g/mol. The minimum atomic E-state index is 0.573. The minimum Gasteiger partial charge on any atom is -0.496 e. The summed E-state index contributed by atoms with van der Waals surface area (Å²) in [6, 6.07) is 8.34. The summed E-state index contributed by atoms with van der Waals surface area (Å²) in [6.07, 6.45) is 0.573. The van der Waals surface area contributed by atoms with Crippen molar-refractivity contribution in [2.45, 2.75) is 26.8 Å². The standard InChI is InChI=1S/C15H21BrN2O/c1-12(2)10-18(8-4-7-17)11-13-5-6-15(19-3)14(16)9-13/h5-6,9,12H,4,8,10-11H2,1-3H3. The molecule has 1 aromatic carbocycles. The molecule has 19 heavy (non-hydrogen) atoms. The third-order valence-corrected chi connectivity index (χ3v) is 3.41. The molecule has 0 unspecified atom stereocenters. The lowest BCUT2D eigenvalue weighted by molar-refractivity contribution is 0.241. The Kier molecular flexibility index (Phi) is 6.90. The fourth-order valence-corrected chi connectivity index (χ4v) is 2.61. The van der Waals surface area contributed by atoms with E-state index in [1.165, 1.54) is 5.56 Å². The number of rotatable bonds is 7. The van der Waals surface area contributed by atoms with Crippen molar-refractivity contribution in [2.75, 3.05) is 20.2 Å². The quantitative estimate of drug-likeness (QED) is 0.764. The molecule has 0 amide bonds. The van der Waals surface area contributed by atoms with Crippen LogP contribution in [-0.4, -0.2) is 25.1 Å². The molecule has 0 radical (unpaired) electrons. The molecule has 4 heteroatoms. The van der Waals surface area contributed by atoms with Crippen LogP contribution in [0.4, 0.5) is 0 Å². The first-order valence-electron chi connectivity index (χ1n) is 6.48. The Morgan fingerprint density at radius 3 is 2.68 bits per heavy atom. The van der Waals surface area contributed by atoms with E-state index in [1.807, 2.05) is 6.07 Å². The van der Waals surface area contributed by atoms with Crippen LogP contribution in [0.5, 0.6) is 5.75 Å². The molecule has 1 rings (SSSR count). The minimum absolute atomic E-state index is 0.573. The first-order valence-corrected chi connectivity index (χ1v) is 7.27. The van der Waals surface area contributed by atoms with Crippen molar-refractivity contribution in [3.8, 4) is 11.8 Å². The molecular formula is C15H21BrN2O. The summed E-state index contributed by atoms with van der Waals surface area (Å²) in [5, 5.41) is 8.73. The predicted octanol–water partition coefficient (Wildman–Crippen LogP) is 3.83. The van der Waals surface area contributed by atoms with Gasteiger partial charge in [-0.25, -0.2) is 0 Å². The van der Waals surface area contributed by atoms with Crippen LogP contribution in [0.3, 0.4) is 0 Å². The number of ether oxygens (including phenoxy) is 1. The van der Waals surface area contributed by atoms with E-state index in [-0.39, 0.29) is 0 Å². The number of benzene rings is 1. The molecule has 3 nitrogen and oxygen atoms in total. The molecule has 0 fully saturated rings. The van der Waals surface area contributed by atoms with E-state index < -0.39 is 0 Å². The SMILES string of the molecule is COc1ccc(CN(CCC#N)CC(C)C)cc1Br. The van der Waals surface area contributed by atoms with Crippen molar-refractivity contribution in [1.29, 1.82) is 5.26 Å². The van der Waals surface area contributed by atoms with Crippen LogP contribution >= 0.6 is 15.9 Å². The van der Waals surface area contributed by atoms with Crippen LogP contribution in [0, 0.1) is 17.2 Å². The van der Waals surface area contributed by atoms with Crippen LogP contribution in [0.25, 0.3) is 0 Å². The van der Waals surface area contributed by atoms with Crippen molar-refractivity contribution >= 4 is 15.9 Å². The topological polar surface area (TPSA) is 36.3 Å². The van der Waals surface area contributed by atoms with E-state index in [1.54, 1.807) is 7.11 Å². The normalized spacial score (nSPS) is 10.8. The Bertz CT molecular complexity index is 440. The Morgan fingerprint density at radius 1 is 1.42 bits per heavy atom. The zero-order valence-corrected chi connectivity index (χ0v) is 13.4. The van der Waals surface area contributed by atoms with E-state index in [9.17, 15) is 0 Å². The van der Waals surface area contributed by atoms with E-state index >= 15 is 0 Å². The summed E-state index contributed by atoms with van der Waals surface area (Å²) in [5.74, 6) is 1.44. The van der Waals surface area contributed by atoms with Gasteiger partial charge in [0.2, 0.25) is 0 Å². The Balaban J connectivity index is 2.72. The van der Waals surface area contributed by atoms with Crippen LogP contribution in [0.2, 0.25) is 0 Å². The maximum Gasteiger partial charge on any atom is 0.133 e. The van der Waals surface area contributed by atoms with Gasteiger partial charge in [0.25, 0.3) is 0 Å². The van der Waals surface area contributed by atoms with E-state index in [0.717, 1.165) is 29.9 Å². The zero-order chi connectivity index (χ0) is 14.3. The summed E-state index contributed by atoms with van der Waals surface area (Å²) in [7, 11) is 1.66. The highest BCUT2D eigenvalue weighted by molar-refractivity contribution is 9.10. The van der Waals surface area contributed by atoms with Crippen LogP contribution in [0.1, 0.15) is 25.8 Å². The van der Waals surface area contributed by atoms with Gasteiger partial charge in [-0.15, -0.1) is 0 Å². The summed E-state index contributed by atoms with van der Waals surface area (Å²) in [6.45, 7) is 7.08. The summed E-state index contributed by atoms with van der Waals surface area (Å²) >= 11 is 3.50. The molecule has 0 N–H and O–H groups in total. The molecule has 0 bridgehead atoms. The lowest BCUT2D eigenvalue weighted by Crippen LogP contribution is -2.28. The molecule has 0 spiro atoms. The molecule has 0 heterocycles. The lowest BCUT2D eigenvalue weighted by atomic mass is 10.1. The van der Waals surface area contributed by atoms with Crippen molar-refractivity contribution in [1.82, 2.24) is 4.90 Å². The molecule has 0 aliphatic heterocycles. The van der Waals surface area contributed by atoms with Gasteiger partial charge in [-0.2, -0.15) is 5.26 Å². The van der Waals surface area contributed by atoms with Gasteiger partial charge in [-0.1, -0.05) is 19.9 Å². The number of nitrogens with zero attached hydrogens (tertiary/aromatic N) is 2. The van der Waals surface area contributed by atoms with Crippen molar-refractivity contribution < 1.29 is 4.74 Å². The molecule has 0 saturated carbocycles. The Labute approximate surface area is 124 Å². The second-order valence-electron chi connectivity index (χ2n) is 5.01. The number of hydrogen-bond acceptors (Lipinski definition) is 3. The van der Waals surface area contributed by atoms with Crippen molar-refractivity contribution in [2.24, 2.45) is 5.92 Å². The van der Waals surface area contributed by atoms with Gasteiger partial charge >= 0.3 is 0 Å². The number of methoxy groups -OCH3 is 1. The maximum absolute atomic E-state index is 8.73. The zero-order valence-electron chi connectivity index (χ0n) is 11.8. The van der Waals surface area contributed by atoms with Crippen LogP contribution in [-0.2, 0) is 6.54 Å². The van der Waals surface area contributed by atoms with Gasteiger partial charge in [0.1, 0.15) is 5.75 Å². The van der Waals surface area contributed by atoms with Gasteiger partial charge in [-0.05, 0) is 39.5 Å². The summed E-state index contributed by atoms with van der Waals surface area (Å²) in [5.41, 5.74) is 1.23. The second kappa shape index (κ2) is 8.19.